The van der Waals surface area contributed by atoms with E-state index in [0.29, 0.717) is 24.8 Å². The summed E-state index contributed by atoms with van der Waals surface area (Å²) < 4.78 is 5.73. The molecule has 0 N–H and O–H groups in total. The molecule has 3 aliphatic rings. The van der Waals surface area contributed by atoms with Gasteiger partial charge in [0.25, 0.3) is 0 Å². The number of nitrogens with zero attached hydrogens (tertiary/aromatic N) is 1. The molecule has 1 heterocycles. The van der Waals surface area contributed by atoms with Gasteiger partial charge in [-0.2, -0.15) is 0 Å². The van der Waals surface area contributed by atoms with Crippen molar-refractivity contribution in [3.63, 3.8) is 0 Å². The Kier molecular flexibility index (Phi) is 5.61. The molecule has 28 heavy (non-hydrogen) atoms. The zero-order valence-corrected chi connectivity index (χ0v) is 16.7. The van der Waals surface area contributed by atoms with Gasteiger partial charge in [-0.3, -0.25) is 9.59 Å². The smallest absolute Gasteiger partial charge is 0.190 e. The fraction of sp³-hybridized carbons (Fsp3) is 0.500. The highest BCUT2D eigenvalue weighted by atomic mass is 16.5. The second kappa shape index (κ2) is 8.14. The first-order chi connectivity index (χ1) is 13.6. The standard InChI is InChI=1S/C24H29NO3/c1-16-18-8-3-4-9-19(18)24(27)20-14-17(15-22(28-2)23(16)20)21(26)10-7-13-25-11-5-6-12-25/h3-4,8-9,17,22H,1,5-7,10-15H2,2H3. The van der Waals surface area contributed by atoms with E-state index in [9.17, 15) is 9.59 Å². The number of likely N-dealkylation sites (tertiary alicyclic amines) is 1. The summed E-state index contributed by atoms with van der Waals surface area (Å²) in [6.07, 6.45) is 4.97. The van der Waals surface area contributed by atoms with Gasteiger partial charge >= 0.3 is 0 Å². The number of allylic oxidation sites excluding steroid dienone is 1. The predicted molar refractivity (Wildman–Crippen MR) is 110 cm³/mol. The highest BCUT2D eigenvalue weighted by Crippen LogP contribution is 2.44. The Labute approximate surface area is 167 Å². The van der Waals surface area contributed by atoms with Crippen LogP contribution in [-0.4, -0.2) is 49.3 Å². The summed E-state index contributed by atoms with van der Waals surface area (Å²) in [5, 5.41) is 0. The molecule has 1 fully saturated rings. The van der Waals surface area contributed by atoms with Gasteiger partial charge in [0, 0.05) is 30.6 Å². The molecule has 148 valence electrons. The molecule has 1 aliphatic heterocycles. The van der Waals surface area contributed by atoms with Crippen LogP contribution in [-0.2, 0) is 9.53 Å². The third-order valence-corrected chi connectivity index (χ3v) is 6.53. The number of ketones is 2. The number of carbonyl (C=O) groups excluding carboxylic acids is 2. The minimum absolute atomic E-state index is 0.0367. The summed E-state index contributed by atoms with van der Waals surface area (Å²) in [5.41, 5.74) is 4.11. The van der Waals surface area contributed by atoms with Gasteiger partial charge in [-0.05, 0) is 68.4 Å². The maximum absolute atomic E-state index is 13.1. The number of rotatable bonds is 6. The number of hydrogen-bond donors (Lipinski definition) is 0. The molecule has 2 atom stereocenters. The van der Waals surface area contributed by atoms with Gasteiger partial charge in [-0.15, -0.1) is 0 Å². The van der Waals surface area contributed by atoms with E-state index >= 15 is 0 Å². The molecule has 2 aliphatic carbocycles. The summed E-state index contributed by atoms with van der Waals surface area (Å²) in [4.78, 5) is 28.5. The van der Waals surface area contributed by atoms with Gasteiger partial charge in [0.1, 0.15) is 5.78 Å². The summed E-state index contributed by atoms with van der Waals surface area (Å²) in [6.45, 7) is 7.58. The number of Topliss-reactive ketones (excluding diaryl/α,β-unsaturated/α-hetero) is 2. The van der Waals surface area contributed by atoms with Crippen molar-refractivity contribution in [1.29, 1.82) is 0 Å². The Hall–Kier alpha value is -2.04. The second-order valence-corrected chi connectivity index (χ2v) is 8.23. The lowest BCUT2D eigenvalue weighted by Crippen LogP contribution is -2.34. The SMILES string of the molecule is C=C1C2=C(CC(C(=O)CCCN3CCCC3)CC2OC)C(=O)c2ccccc21. The van der Waals surface area contributed by atoms with Gasteiger partial charge in [-0.25, -0.2) is 0 Å². The van der Waals surface area contributed by atoms with E-state index in [-0.39, 0.29) is 23.6 Å². The average molecular weight is 380 g/mol. The Morgan fingerprint density at radius 3 is 2.64 bits per heavy atom. The molecular weight excluding hydrogens is 350 g/mol. The van der Waals surface area contributed by atoms with Gasteiger partial charge < -0.3 is 9.64 Å². The predicted octanol–water partition coefficient (Wildman–Crippen LogP) is 4.06. The molecular formula is C24H29NO3. The molecule has 0 saturated carbocycles. The van der Waals surface area contributed by atoms with E-state index in [1.54, 1.807) is 7.11 Å². The number of hydrogen-bond acceptors (Lipinski definition) is 4. The summed E-state index contributed by atoms with van der Waals surface area (Å²) in [6, 6.07) is 7.62. The number of fused-ring (bicyclic) bond motifs is 1. The second-order valence-electron chi connectivity index (χ2n) is 8.23. The number of carbonyl (C=O) groups is 2. The fourth-order valence-corrected chi connectivity index (χ4v) is 5.00. The van der Waals surface area contributed by atoms with Crippen LogP contribution in [0, 0.1) is 5.92 Å². The van der Waals surface area contributed by atoms with Gasteiger partial charge in [0.15, 0.2) is 5.78 Å². The molecule has 0 radical (unpaired) electrons. The summed E-state index contributed by atoms with van der Waals surface area (Å²) >= 11 is 0. The maximum atomic E-state index is 13.1. The van der Waals surface area contributed by atoms with E-state index in [0.717, 1.165) is 48.3 Å². The lowest BCUT2D eigenvalue weighted by Gasteiger charge is -2.36. The zero-order valence-electron chi connectivity index (χ0n) is 16.7. The van der Waals surface area contributed by atoms with E-state index in [4.69, 9.17) is 4.74 Å². The molecule has 0 aromatic heterocycles. The number of ether oxygens (including phenoxy) is 1. The van der Waals surface area contributed by atoms with E-state index in [1.807, 2.05) is 24.3 Å². The van der Waals surface area contributed by atoms with Crippen LogP contribution in [0.15, 0.2) is 42.0 Å². The Morgan fingerprint density at radius 2 is 1.93 bits per heavy atom. The van der Waals surface area contributed by atoms with Crippen molar-refractivity contribution in [2.75, 3.05) is 26.7 Å². The van der Waals surface area contributed by atoms with Crippen LogP contribution in [0.25, 0.3) is 5.57 Å². The van der Waals surface area contributed by atoms with Crippen molar-refractivity contribution in [3.05, 3.63) is 53.1 Å². The highest BCUT2D eigenvalue weighted by Gasteiger charge is 2.40. The minimum atomic E-state index is -0.235. The Balaban J connectivity index is 1.50. The van der Waals surface area contributed by atoms with Crippen LogP contribution >= 0.6 is 0 Å². The maximum Gasteiger partial charge on any atom is 0.190 e. The normalized spacial score (nSPS) is 25.0. The third kappa shape index (κ3) is 3.51. The van der Waals surface area contributed by atoms with E-state index in [2.05, 4.69) is 11.5 Å². The Morgan fingerprint density at radius 1 is 1.21 bits per heavy atom. The monoisotopic (exact) mass is 379 g/mol. The molecule has 0 spiro atoms. The first-order valence-corrected chi connectivity index (χ1v) is 10.4. The lowest BCUT2D eigenvalue weighted by atomic mass is 9.70. The van der Waals surface area contributed by atoms with Crippen LogP contribution in [0.2, 0.25) is 0 Å². The minimum Gasteiger partial charge on any atom is -0.377 e. The third-order valence-electron chi connectivity index (χ3n) is 6.53. The van der Waals surface area contributed by atoms with E-state index < -0.39 is 0 Å². The first-order valence-electron chi connectivity index (χ1n) is 10.4. The average Bonchev–Trinajstić information content (AvgIpc) is 3.24. The summed E-state index contributed by atoms with van der Waals surface area (Å²) in [7, 11) is 1.66. The lowest BCUT2D eigenvalue weighted by molar-refractivity contribution is -0.124. The first kappa shape index (κ1) is 19.3. The van der Waals surface area contributed by atoms with Crippen LogP contribution in [0.3, 0.4) is 0 Å². The van der Waals surface area contributed by atoms with Crippen molar-refractivity contribution in [2.45, 2.75) is 44.6 Å². The number of benzene rings is 1. The van der Waals surface area contributed by atoms with Crippen molar-refractivity contribution >= 4 is 17.1 Å². The van der Waals surface area contributed by atoms with Crippen LogP contribution < -0.4 is 0 Å². The molecule has 2 unspecified atom stereocenters. The topological polar surface area (TPSA) is 46.6 Å². The Bertz CT molecular complexity index is 832. The van der Waals surface area contributed by atoms with Crippen molar-refractivity contribution in [3.8, 4) is 0 Å². The van der Waals surface area contributed by atoms with Crippen molar-refractivity contribution < 1.29 is 14.3 Å². The van der Waals surface area contributed by atoms with Gasteiger partial charge in [0.05, 0.1) is 6.10 Å². The van der Waals surface area contributed by atoms with Crippen LogP contribution in [0.1, 0.15) is 54.4 Å². The molecule has 4 nitrogen and oxygen atoms in total. The molecule has 4 heteroatoms. The molecule has 0 bridgehead atoms. The van der Waals surface area contributed by atoms with Crippen LogP contribution in [0.5, 0.6) is 0 Å². The molecule has 4 rings (SSSR count). The largest absolute Gasteiger partial charge is 0.377 e. The van der Waals surface area contributed by atoms with Crippen molar-refractivity contribution in [2.24, 2.45) is 5.92 Å². The zero-order chi connectivity index (χ0) is 19.7. The molecule has 1 aromatic rings. The van der Waals surface area contributed by atoms with Gasteiger partial charge in [0.2, 0.25) is 0 Å². The quantitative estimate of drug-likeness (QED) is 0.748. The number of methoxy groups -OCH3 is 1. The van der Waals surface area contributed by atoms with Gasteiger partial charge in [-0.1, -0.05) is 30.8 Å². The fourth-order valence-electron chi connectivity index (χ4n) is 5.00. The van der Waals surface area contributed by atoms with Crippen LogP contribution in [0.4, 0.5) is 0 Å². The van der Waals surface area contributed by atoms with E-state index in [1.165, 1.54) is 12.8 Å². The summed E-state index contributed by atoms with van der Waals surface area (Å²) in [5.74, 6) is 0.170. The highest BCUT2D eigenvalue weighted by molar-refractivity contribution is 6.17. The van der Waals surface area contributed by atoms with Crippen molar-refractivity contribution in [1.82, 2.24) is 4.90 Å². The molecule has 0 amide bonds. The molecule has 1 saturated heterocycles. The molecule has 1 aromatic carbocycles.